The van der Waals surface area contributed by atoms with Crippen LogP contribution in [0.2, 0.25) is 0 Å². The summed E-state index contributed by atoms with van der Waals surface area (Å²) in [5, 5.41) is 13.2. The van der Waals surface area contributed by atoms with Gasteiger partial charge in [-0.1, -0.05) is 46.3 Å². The Hall–Kier alpha value is -2.60. The van der Waals surface area contributed by atoms with Gasteiger partial charge in [-0.25, -0.2) is 4.79 Å². The summed E-state index contributed by atoms with van der Waals surface area (Å²) in [5.41, 5.74) is 1.63. The largest absolute Gasteiger partial charge is 0.480 e. The summed E-state index contributed by atoms with van der Waals surface area (Å²) in [6, 6.07) is 14.9. The number of benzene rings is 2. The number of hydrogen-bond acceptors (Lipinski definition) is 2. The third kappa shape index (κ3) is 3.65. The standard InChI is InChI=1S/C20H19BrN2O3/c1-12-8-15(21)14-10-17(22-16(14)9-12)18(24)23-20(2,19(25)26)11-13-6-4-3-5-7-13/h3-10,22H,11H2,1-2H3,(H,23,24)(H,25,26). The first kappa shape index (κ1) is 18.2. The molecule has 1 amide bonds. The molecular formula is C20H19BrN2O3. The van der Waals surface area contributed by atoms with Crippen molar-refractivity contribution in [3.63, 3.8) is 0 Å². The fourth-order valence-electron chi connectivity index (χ4n) is 2.95. The second-order valence-electron chi connectivity index (χ2n) is 6.64. The first-order chi connectivity index (χ1) is 12.3. The van der Waals surface area contributed by atoms with Gasteiger partial charge in [-0.15, -0.1) is 0 Å². The lowest BCUT2D eigenvalue weighted by Crippen LogP contribution is -2.53. The molecule has 5 nitrogen and oxygen atoms in total. The Morgan fingerprint density at radius 1 is 1.19 bits per heavy atom. The van der Waals surface area contributed by atoms with E-state index in [4.69, 9.17) is 0 Å². The smallest absolute Gasteiger partial charge is 0.329 e. The van der Waals surface area contributed by atoms with Crippen molar-refractivity contribution >= 4 is 38.7 Å². The Labute approximate surface area is 159 Å². The molecule has 1 aromatic heterocycles. The highest BCUT2D eigenvalue weighted by Crippen LogP contribution is 2.26. The van der Waals surface area contributed by atoms with Crippen molar-refractivity contribution in [2.45, 2.75) is 25.8 Å². The Morgan fingerprint density at radius 3 is 2.54 bits per heavy atom. The molecule has 0 bridgehead atoms. The third-order valence-corrected chi connectivity index (χ3v) is 4.99. The maximum absolute atomic E-state index is 12.7. The van der Waals surface area contributed by atoms with E-state index in [1.54, 1.807) is 6.07 Å². The highest BCUT2D eigenvalue weighted by atomic mass is 79.9. The maximum atomic E-state index is 12.7. The molecule has 0 fully saturated rings. The van der Waals surface area contributed by atoms with Gasteiger partial charge >= 0.3 is 5.97 Å². The molecule has 0 aliphatic rings. The summed E-state index contributed by atoms with van der Waals surface area (Å²) in [5.74, 6) is -1.53. The lowest BCUT2D eigenvalue weighted by Gasteiger charge is -2.26. The highest BCUT2D eigenvalue weighted by Gasteiger charge is 2.35. The lowest BCUT2D eigenvalue weighted by molar-refractivity contribution is -0.143. The zero-order valence-corrected chi connectivity index (χ0v) is 16.1. The quantitative estimate of drug-likeness (QED) is 0.588. The molecule has 1 atom stereocenters. The van der Waals surface area contributed by atoms with Gasteiger partial charge in [0.15, 0.2) is 0 Å². The molecule has 3 N–H and O–H groups in total. The predicted octanol–water partition coefficient (Wildman–Crippen LogP) is 4.05. The van der Waals surface area contributed by atoms with Crippen LogP contribution in [0.4, 0.5) is 0 Å². The van der Waals surface area contributed by atoms with Gasteiger partial charge in [-0.05, 0) is 43.2 Å². The normalized spacial score (nSPS) is 13.3. The lowest BCUT2D eigenvalue weighted by atomic mass is 9.92. The molecular weight excluding hydrogens is 396 g/mol. The monoisotopic (exact) mass is 414 g/mol. The Bertz CT molecular complexity index is 981. The summed E-state index contributed by atoms with van der Waals surface area (Å²) in [6.45, 7) is 3.48. The third-order valence-electron chi connectivity index (χ3n) is 4.34. The van der Waals surface area contributed by atoms with E-state index in [-0.39, 0.29) is 6.42 Å². The number of halogens is 1. The van der Waals surface area contributed by atoms with Crippen LogP contribution in [0, 0.1) is 6.92 Å². The van der Waals surface area contributed by atoms with E-state index in [9.17, 15) is 14.7 Å². The number of carboxylic acid groups (broad SMARTS) is 1. The summed E-state index contributed by atoms with van der Waals surface area (Å²) in [7, 11) is 0. The van der Waals surface area contributed by atoms with E-state index < -0.39 is 17.4 Å². The molecule has 1 unspecified atom stereocenters. The van der Waals surface area contributed by atoms with Gasteiger partial charge in [0.05, 0.1) is 0 Å². The molecule has 0 saturated heterocycles. The summed E-state index contributed by atoms with van der Waals surface area (Å²) in [6.07, 6.45) is 0.192. The van der Waals surface area contributed by atoms with Crippen molar-refractivity contribution < 1.29 is 14.7 Å². The number of carbonyl (C=O) groups excluding carboxylic acids is 1. The number of fused-ring (bicyclic) bond motifs is 1. The van der Waals surface area contributed by atoms with Crippen molar-refractivity contribution in [3.8, 4) is 0 Å². The Morgan fingerprint density at radius 2 is 1.88 bits per heavy atom. The van der Waals surface area contributed by atoms with Crippen LogP contribution in [0.5, 0.6) is 0 Å². The molecule has 0 aliphatic heterocycles. The van der Waals surface area contributed by atoms with E-state index in [1.807, 2.05) is 49.4 Å². The van der Waals surface area contributed by atoms with Gasteiger partial charge in [0.25, 0.3) is 5.91 Å². The summed E-state index contributed by atoms with van der Waals surface area (Å²) < 4.78 is 0.882. The molecule has 0 spiro atoms. The average molecular weight is 415 g/mol. The van der Waals surface area contributed by atoms with Crippen LogP contribution in [0.1, 0.15) is 28.5 Å². The maximum Gasteiger partial charge on any atom is 0.329 e. The minimum Gasteiger partial charge on any atom is -0.480 e. The van der Waals surface area contributed by atoms with Gasteiger partial charge in [0.1, 0.15) is 11.2 Å². The number of rotatable bonds is 5. The zero-order valence-electron chi connectivity index (χ0n) is 14.5. The van der Waals surface area contributed by atoms with E-state index >= 15 is 0 Å². The SMILES string of the molecule is Cc1cc(Br)c2cc(C(=O)NC(C)(Cc3ccccc3)C(=O)O)[nH]c2c1. The van der Waals surface area contributed by atoms with Crippen molar-refractivity contribution in [1.29, 1.82) is 0 Å². The number of carboxylic acids is 1. The molecule has 26 heavy (non-hydrogen) atoms. The Kier molecular flexibility index (Phi) is 4.87. The van der Waals surface area contributed by atoms with Crippen molar-refractivity contribution in [1.82, 2.24) is 10.3 Å². The number of aromatic amines is 1. The number of hydrogen-bond donors (Lipinski definition) is 3. The topological polar surface area (TPSA) is 82.2 Å². The molecule has 6 heteroatoms. The molecule has 3 aromatic rings. The van der Waals surface area contributed by atoms with Gasteiger partial charge in [0, 0.05) is 21.8 Å². The minimum atomic E-state index is -1.41. The van der Waals surface area contributed by atoms with Crippen LogP contribution in [0.15, 0.2) is 53.0 Å². The van der Waals surface area contributed by atoms with Crippen molar-refractivity contribution in [2.75, 3.05) is 0 Å². The average Bonchev–Trinajstić information content (AvgIpc) is 3.00. The van der Waals surface area contributed by atoms with Crippen LogP contribution < -0.4 is 5.32 Å². The molecule has 0 saturated carbocycles. The van der Waals surface area contributed by atoms with Gasteiger partial charge in [0.2, 0.25) is 0 Å². The number of aryl methyl sites for hydroxylation is 1. The molecule has 1 heterocycles. The number of carbonyl (C=O) groups is 2. The number of nitrogens with one attached hydrogen (secondary N) is 2. The van der Waals surface area contributed by atoms with Gasteiger partial charge in [-0.2, -0.15) is 0 Å². The molecule has 134 valence electrons. The second-order valence-corrected chi connectivity index (χ2v) is 7.50. The van der Waals surface area contributed by atoms with Crippen molar-refractivity contribution in [2.24, 2.45) is 0 Å². The van der Waals surface area contributed by atoms with E-state index in [0.717, 1.165) is 26.5 Å². The fourth-order valence-corrected chi connectivity index (χ4v) is 3.64. The first-order valence-electron chi connectivity index (χ1n) is 8.17. The predicted molar refractivity (Wildman–Crippen MR) is 104 cm³/mol. The van der Waals surface area contributed by atoms with E-state index in [2.05, 4.69) is 26.2 Å². The Balaban J connectivity index is 1.89. The van der Waals surface area contributed by atoms with Crippen LogP contribution in [-0.2, 0) is 11.2 Å². The van der Waals surface area contributed by atoms with Crippen LogP contribution in [0.25, 0.3) is 10.9 Å². The number of aromatic nitrogens is 1. The van der Waals surface area contributed by atoms with Crippen LogP contribution >= 0.6 is 15.9 Å². The fraction of sp³-hybridized carbons (Fsp3) is 0.200. The van der Waals surface area contributed by atoms with Gasteiger partial charge < -0.3 is 15.4 Å². The second kappa shape index (κ2) is 6.96. The van der Waals surface area contributed by atoms with Crippen LogP contribution in [-0.4, -0.2) is 27.5 Å². The first-order valence-corrected chi connectivity index (χ1v) is 8.96. The summed E-state index contributed by atoms with van der Waals surface area (Å²) >= 11 is 3.49. The summed E-state index contributed by atoms with van der Waals surface area (Å²) in [4.78, 5) is 27.6. The highest BCUT2D eigenvalue weighted by molar-refractivity contribution is 9.10. The number of amides is 1. The molecule has 0 aliphatic carbocycles. The van der Waals surface area contributed by atoms with Gasteiger partial charge in [-0.3, -0.25) is 4.79 Å². The minimum absolute atomic E-state index is 0.192. The number of aliphatic carboxylic acids is 1. The van der Waals surface area contributed by atoms with E-state index in [0.29, 0.717) is 5.69 Å². The zero-order chi connectivity index (χ0) is 18.9. The molecule has 0 radical (unpaired) electrons. The van der Waals surface area contributed by atoms with Crippen molar-refractivity contribution in [3.05, 3.63) is 69.8 Å². The number of H-pyrrole nitrogens is 1. The molecule has 2 aromatic carbocycles. The molecule has 3 rings (SSSR count). The van der Waals surface area contributed by atoms with E-state index in [1.165, 1.54) is 6.92 Å². The van der Waals surface area contributed by atoms with Crippen LogP contribution in [0.3, 0.4) is 0 Å².